The van der Waals surface area contributed by atoms with E-state index < -0.39 is 11.4 Å². The minimum atomic E-state index is -1.09. The third-order valence-corrected chi connectivity index (χ3v) is 4.68. The van der Waals surface area contributed by atoms with E-state index >= 15 is 0 Å². The van der Waals surface area contributed by atoms with Crippen LogP contribution in [-0.4, -0.2) is 40.7 Å². The minimum Gasteiger partial charge on any atom is -0.491 e. The average molecular weight is 342 g/mol. The van der Waals surface area contributed by atoms with Crippen LogP contribution in [0.15, 0.2) is 47.4 Å². The number of hydrogen-bond donors (Lipinski definition) is 1. The molecule has 1 saturated heterocycles. The second-order valence-corrected chi connectivity index (χ2v) is 6.30. The molecule has 1 aromatic carbocycles. The van der Waals surface area contributed by atoms with Gasteiger partial charge in [0.05, 0.1) is 13.3 Å². The lowest BCUT2D eigenvalue weighted by molar-refractivity contribution is 0.0676. The van der Waals surface area contributed by atoms with Crippen LogP contribution in [0.4, 0.5) is 0 Å². The fourth-order valence-corrected chi connectivity index (χ4v) is 3.35. The number of nitrogens with zero attached hydrogens (tertiary/aromatic N) is 2. The second-order valence-electron chi connectivity index (χ2n) is 6.30. The Balaban J connectivity index is 1.74. The Kier molecular flexibility index (Phi) is 5.19. The molecule has 3 rings (SSSR count). The summed E-state index contributed by atoms with van der Waals surface area (Å²) in [6, 6.07) is 11.5. The number of aromatic carboxylic acids is 1. The zero-order valence-electron chi connectivity index (χ0n) is 14.2. The van der Waals surface area contributed by atoms with Crippen molar-refractivity contribution in [3.05, 3.63) is 64.1 Å². The van der Waals surface area contributed by atoms with Crippen LogP contribution in [0.3, 0.4) is 0 Å². The number of rotatable bonds is 5. The fraction of sp³-hybridized carbons (Fsp3) is 0.368. The summed E-state index contributed by atoms with van der Waals surface area (Å²) in [5.41, 5.74) is 0.891. The van der Waals surface area contributed by atoms with Crippen molar-refractivity contribution in [3.8, 4) is 5.75 Å². The maximum absolute atomic E-state index is 11.9. The van der Waals surface area contributed by atoms with E-state index in [1.165, 1.54) is 18.9 Å². The van der Waals surface area contributed by atoms with Crippen LogP contribution in [-0.2, 0) is 6.54 Å². The van der Waals surface area contributed by atoms with Gasteiger partial charge in [0, 0.05) is 31.7 Å². The summed E-state index contributed by atoms with van der Waals surface area (Å²) in [6.45, 7) is 2.66. The molecular weight excluding hydrogens is 320 g/mol. The Labute approximate surface area is 146 Å². The topological polar surface area (TPSA) is 71.8 Å². The Bertz CT molecular complexity index is 793. The van der Waals surface area contributed by atoms with Gasteiger partial charge in [-0.15, -0.1) is 0 Å². The molecule has 0 atom stereocenters. The van der Waals surface area contributed by atoms with E-state index in [9.17, 15) is 14.7 Å². The van der Waals surface area contributed by atoms with Gasteiger partial charge in [-0.2, -0.15) is 0 Å². The van der Waals surface area contributed by atoms with E-state index in [4.69, 9.17) is 4.74 Å². The number of likely N-dealkylation sites (tertiary alicyclic amines) is 1. The predicted octanol–water partition coefficient (Wildman–Crippen LogP) is 2.39. The lowest BCUT2D eigenvalue weighted by Gasteiger charge is -2.34. The van der Waals surface area contributed by atoms with E-state index in [-0.39, 0.29) is 17.5 Å². The summed E-state index contributed by atoms with van der Waals surface area (Å²) in [7, 11) is 1.42. The molecule has 0 unspecified atom stereocenters. The van der Waals surface area contributed by atoms with Crippen LogP contribution in [0, 0.1) is 0 Å². The van der Waals surface area contributed by atoms with Gasteiger partial charge in [-0.1, -0.05) is 30.3 Å². The SMILES string of the molecule is COc1cn(C2CCN(Cc3ccccc3)CC2)c(C(=O)O)cc1=O. The molecule has 0 spiro atoms. The maximum atomic E-state index is 11.9. The van der Waals surface area contributed by atoms with Crippen molar-refractivity contribution in [2.75, 3.05) is 20.2 Å². The van der Waals surface area contributed by atoms with Gasteiger partial charge >= 0.3 is 5.97 Å². The lowest BCUT2D eigenvalue weighted by Crippen LogP contribution is -2.35. The highest BCUT2D eigenvalue weighted by Gasteiger charge is 2.24. The lowest BCUT2D eigenvalue weighted by atomic mass is 10.0. The molecule has 1 N–H and O–H groups in total. The molecule has 6 heteroatoms. The van der Waals surface area contributed by atoms with Crippen LogP contribution in [0.25, 0.3) is 0 Å². The number of methoxy groups -OCH3 is 1. The molecule has 0 amide bonds. The summed E-state index contributed by atoms with van der Waals surface area (Å²) < 4.78 is 6.76. The number of ether oxygens (including phenoxy) is 1. The summed E-state index contributed by atoms with van der Waals surface area (Å²) in [4.78, 5) is 25.7. The van der Waals surface area contributed by atoms with Crippen LogP contribution in [0.1, 0.15) is 34.9 Å². The first-order chi connectivity index (χ1) is 12.1. The number of aromatic nitrogens is 1. The summed E-state index contributed by atoms with van der Waals surface area (Å²) >= 11 is 0. The predicted molar refractivity (Wildman–Crippen MR) is 94.2 cm³/mol. The average Bonchev–Trinajstić information content (AvgIpc) is 2.63. The molecule has 1 aliphatic heterocycles. The van der Waals surface area contributed by atoms with Gasteiger partial charge in [0.2, 0.25) is 5.43 Å². The van der Waals surface area contributed by atoms with Crippen molar-refractivity contribution < 1.29 is 14.6 Å². The van der Waals surface area contributed by atoms with Gasteiger partial charge < -0.3 is 14.4 Å². The van der Waals surface area contributed by atoms with E-state index in [1.807, 2.05) is 18.2 Å². The number of pyridine rings is 1. The van der Waals surface area contributed by atoms with Gasteiger partial charge in [-0.3, -0.25) is 9.69 Å². The highest BCUT2D eigenvalue weighted by molar-refractivity contribution is 5.85. The van der Waals surface area contributed by atoms with Crippen molar-refractivity contribution in [1.29, 1.82) is 0 Å². The van der Waals surface area contributed by atoms with E-state index in [1.54, 1.807) is 4.57 Å². The Hall–Kier alpha value is -2.60. The number of benzene rings is 1. The first-order valence-electron chi connectivity index (χ1n) is 8.38. The summed E-state index contributed by atoms with van der Waals surface area (Å²) in [5, 5.41) is 9.42. The van der Waals surface area contributed by atoms with Crippen LogP contribution in [0.5, 0.6) is 5.75 Å². The van der Waals surface area contributed by atoms with Crippen molar-refractivity contribution in [1.82, 2.24) is 9.47 Å². The number of piperidine rings is 1. The number of carbonyl (C=O) groups is 1. The van der Waals surface area contributed by atoms with E-state index in [0.717, 1.165) is 38.5 Å². The van der Waals surface area contributed by atoms with Crippen LogP contribution < -0.4 is 10.2 Å². The maximum Gasteiger partial charge on any atom is 0.352 e. The molecule has 0 saturated carbocycles. The molecule has 1 aromatic heterocycles. The van der Waals surface area contributed by atoms with Gasteiger partial charge in [0.1, 0.15) is 5.69 Å². The summed E-state index contributed by atoms with van der Waals surface area (Å²) in [6.07, 6.45) is 3.20. The number of carboxylic acids is 1. The van der Waals surface area contributed by atoms with Crippen LogP contribution >= 0.6 is 0 Å². The van der Waals surface area contributed by atoms with Crippen LogP contribution in [0.2, 0.25) is 0 Å². The van der Waals surface area contributed by atoms with Crippen molar-refractivity contribution in [3.63, 3.8) is 0 Å². The molecule has 25 heavy (non-hydrogen) atoms. The molecule has 2 aromatic rings. The molecule has 0 radical (unpaired) electrons. The quantitative estimate of drug-likeness (QED) is 0.903. The third-order valence-electron chi connectivity index (χ3n) is 4.68. The van der Waals surface area contributed by atoms with Gasteiger partial charge in [0.25, 0.3) is 0 Å². The number of carboxylic acid groups (broad SMARTS) is 1. The van der Waals surface area contributed by atoms with Crippen molar-refractivity contribution in [2.24, 2.45) is 0 Å². The third kappa shape index (κ3) is 3.91. The standard InChI is InChI=1S/C19H22N2O4/c1-25-18-13-21(16(19(23)24)11-17(18)22)15-7-9-20(10-8-15)12-14-5-3-2-4-6-14/h2-6,11,13,15H,7-10,12H2,1H3,(H,23,24). The Morgan fingerprint density at radius 2 is 1.92 bits per heavy atom. The van der Waals surface area contributed by atoms with E-state index in [2.05, 4.69) is 17.0 Å². The van der Waals surface area contributed by atoms with Crippen molar-refractivity contribution >= 4 is 5.97 Å². The van der Waals surface area contributed by atoms with Crippen molar-refractivity contribution in [2.45, 2.75) is 25.4 Å². The second kappa shape index (κ2) is 7.53. The largest absolute Gasteiger partial charge is 0.491 e. The number of hydrogen-bond acceptors (Lipinski definition) is 4. The molecular formula is C19H22N2O4. The normalized spacial score (nSPS) is 15.9. The molecule has 1 fully saturated rings. The highest BCUT2D eigenvalue weighted by atomic mass is 16.5. The molecule has 2 heterocycles. The zero-order chi connectivity index (χ0) is 17.8. The monoisotopic (exact) mass is 342 g/mol. The first-order valence-corrected chi connectivity index (χ1v) is 8.38. The smallest absolute Gasteiger partial charge is 0.352 e. The molecule has 1 aliphatic rings. The first kappa shape index (κ1) is 17.2. The molecule has 132 valence electrons. The minimum absolute atomic E-state index is 0.0207. The Morgan fingerprint density at radius 1 is 1.24 bits per heavy atom. The highest BCUT2D eigenvalue weighted by Crippen LogP contribution is 2.26. The van der Waals surface area contributed by atoms with Gasteiger partial charge in [-0.25, -0.2) is 4.79 Å². The van der Waals surface area contributed by atoms with Gasteiger partial charge in [-0.05, 0) is 18.4 Å². The zero-order valence-corrected chi connectivity index (χ0v) is 14.2. The molecule has 6 nitrogen and oxygen atoms in total. The Morgan fingerprint density at radius 3 is 2.52 bits per heavy atom. The molecule has 0 aliphatic carbocycles. The fourth-order valence-electron chi connectivity index (χ4n) is 3.35. The molecule has 0 bridgehead atoms. The van der Waals surface area contributed by atoms with E-state index in [0.29, 0.717) is 0 Å². The summed E-state index contributed by atoms with van der Waals surface area (Å²) in [5.74, 6) is -0.914. The van der Waals surface area contributed by atoms with Gasteiger partial charge in [0.15, 0.2) is 5.75 Å².